The van der Waals surface area contributed by atoms with Crippen LogP contribution >= 0.6 is 34.8 Å². The first kappa shape index (κ1) is 111. The fraction of sp³-hybridized carbons (Fsp3) is 0.285. The van der Waals surface area contributed by atoms with Gasteiger partial charge in [0.1, 0.15) is 12.2 Å². The van der Waals surface area contributed by atoms with E-state index in [0.29, 0.717) is 32.6 Å². The summed E-state index contributed by atoms with van der Waals surface area (Å²) in [6.45, 7) is 40.9. The number of benzene rings is 13. The molecule has 1 aliphatic rings. The summed E-state index contributed by atoms with van der Waals surface area (Å²) >= 11 is 17.7. The van der Waals surface area contributed by atoms with Crippen molar-refractivity contribution in [1.29, 1.82) is 0 Å². The Morgan fingerprint density at radius 3 is 1.16 bits per heavy atom. The summed E-state index contributed by atoms with van der Waals surface area (Å²) in [5.41, 5.74) is 49.0. The molecular formula is C123H141Cl3N13O4+. The number of halogens is 3. The number of carbonyl (C=O) groups is 4. The van der Waals surface area contributed by atoms with Gasteiger partial charge < -0.3 is 5.73 Å². The zero-order valence-electron chi connectivity index (χ0n) is 86.8. The van der Waals surface area contributed by atoms with E-state index in [4.69, 9.17) is 61.7 Å². The number of hydrogen-bond acceptors (Lipinski definition) is 11. The number of nitrogens with two attached hydrogens (primary N) is 2. The van der Waals surface area contributed by atoms with E-state index < -0.39 is 0 Å². The van der Waals surface area contributed by atoms with Crippen molar-refractivity contribution in [3.63, 3.8) is 0 Å². The number of hydrazine groups is 2. The zero-order valence-corrected chi connectivity index (χ0v) is 89.1. The monoisotopic (exact) mass is 1970 g/mol. The number of fused-ring (bicyclic) bond motifs is 3. The minimum absolute atomic E-state index is 0.263. The summed E-state index contributed by atoms with van der Waals surface area (Å²) < 4.78 is 6.91. The number of aryl methyl sites for hydroxylation is 19. The average Bonchev–Trinajstić information content (AvgIpc) is 1.57. The third-order valence-electron chi connectivity index (χ3n) is 25.5. The van der Waals surface area contributed by atoms with Gasteiger partial charge in [0.25, 0.3) is 28.8 Å². The summed E-state index contributed by atoms with van der Waals surface area (Å²) in [7, 11) is 0. The molecule has 15 aromatic rings. The molecule has 0 saturated carbocycles. The van der Waals surface area contributed by atoms with Gasteiger partial charge in [0.2, 0.25) is 0 Å². The van der Waals surface area contributed by atoms with Crippen LogP contribution in [0.5, 0.6) is 0 Å². The van der Waals surface area contributed by atoms with Crippen molar-refractivity contribution in [1.82, 2.24) is 40.8 Å². The van der Waals surface area contributed by atoms with Crippen LogP contribution in [0.4, 0.5) is 5.69 Å². The summed E-state index contributed by atoms with van der Waals surface area (Å²) in [5.74, 6) is 8.01. The first-order chi connectivity index (χ1) is 68.8. The lowest BCUT2D eigenvalue weighted by molar-refractivity contribution is -0.573. The van der Waals surface area contributed by atoms with Crippen molar-refractivity contribution in [2.24, 2.45) is 16.0 Å². The van der Waals surface area contributed by atoms with Crippen LogP contribution in [0.3, 0.4) is 0 Å². The number of rotatable bonds is 27. The Morgan fingerprint density at radius 1 is 0.364 bits per heavy atom. The number of carbonyl (C=O) groups excluding carboxylic acids is 4. The van der Waals surface area contributed by atoms with Crippen LogP contribution < -0.4 is 32.4 Å². The minimum Gasteiger partial charge on any atom is -0.398 e. The summed E-state index contributed by atoms with van der Waals surface area (Å²) in [6.07, 6.45) is 19.1. The van der Waals surface area contributed by atoms with Gasteiger partial charge in [-0.1, -0.05) is 344 Å². The molecule has 1 aliphatic heterocycles. The summed E-state index contributed by atoms with van der Waals surface area (Å²) in [6, 6.07) is 90.3. The Balaban J connectivity index is 0.000000179. The van der Waals surface area contributed by atoms with Gasteiger partial charge in [-0.05, 0) is 297 Å². The second-order valence-corrected chi connectivity index (χ2v) is 38.0. The van der Waals surface area contributed by atoms with Gasteiger partial charge in [0, 0.05) is 60.9 Å². The molecule has 20 heteroatoms. The fourth-order valence-corrected chi connectivity index (χ4v) is 19.0. The molecular weight excluding hydrogens is 1830 g/mol. The van der Waals surface area contributed by atoms with Crippen LogP contribution in [0.25, 0.3) is 56.9 Å². The molecule has 143 heavy (non-hydrogen) atoms. The van der Waals surface area contributed by atoms with Gasteiger partial charge in [-0.15, -0.1) is 25.1 Å². The van der Waals surface area contributed by atoms with Crippen LogP contribution in [0.15, 0.2) is 283 Å². The van der Waals surface area contributed by atoms with Crippen molar-refractivity contribution in [2.75, 3.05) is 5.73 Å². The highest BCUT2D eigenvalue weighted by Crippen LogP contribution is 2.39. The van der Waals surface area contributed by atoms with Gasteiger partial charge in [0.15, 0.2) is 22.0 Å². The zero-order chi connectivity index (χ0) is 103. The van der Waals surface area contributed by atoms with Gasteiger partial charge >= 0.3 is 5.82 Å². The lowest BCUT2D eigenvalue weighted by Crippen LogP contribution is -2.42. The van der Waals surface area contributed by atoms with Crippen molar-refractivity contribution >= 4 is 73.8 Å². The molecule has 0 spiro atoms. The molecule has 0 saturated heterocycles. The van der Waals surface area contributed by atoms with Crippen molar-refractivity contribution in [3.05, 3.63) is 418 Å². The second-order valence-electron chi connectivity index (χ2n) is 36.9. The molecule has 13 aromatic carbocycles. The van der Waals surface area contributed by atoms with Crippen molar-refractivity contribution in [3.8, 4) is 56.9 Å². The molecule has 0 unspecified atom stereocenters. The standard InChI is InChI=1S/C31H36N3.C30H35N3.C16H14Cl2N2.C16H16N2O2.C14H23N.C9H9ClO.C7H8N2O/c1-6-7-8-9-15-25-18-23(4)29(24(5)19-25)34-30(28-21(2)13-12-14-22(28)3)32-33-20-26-16-10-11-17-27(26)31(33)34;1-6-7-8-10-16-25-19-23(4)28(24(5)20-25)33-29(26-17-11-9-12-18-26)31-32-30(33)27-21(2)14-13-15-22(27)3;1-11-7-6-8-12(2)14(11)16(18)20-19-15(17)13-9-4-3-5-10-13;1-11-7-6-8-12(2)14(11)16(20)18-17-15(19)13-9-4-3-5-10-13;1-4-5-6-7-8-13-9-11(2)14(15)12(3)10-13;1-6-4-3-5-7(2)8(6)9(10)11;8-9-7(10)6-4-2-1-3-5-6/h10-14,16-19H,6-9,15,20H2,1-5H3;9,11-15,17-20H,6-8,10,16H2,1-5H3;3-10H,1-2H3;3-10H,1-2H3,(H,17,19)(H,18,20);9-10H,4-8,15H2,1-3H3;3-5H,1-2H3;1-5H,8H2,(H,9,10)/q+1;;;;;;/b;;19-15-,20-16-;;;;. The van der Waals surface area contributed by atoms with Gasteiger partial charge in [-0.3, -0.25) is 40.0 Å². The van der Waals surface area contributed by atoms with Crippen LogP contribution in [-0.2, 0) is 25.8 Å². The molecule has 2 aromatic heterocycles. The highest BCUT2D eigenvalue weighted by Gasteiger charge is 2.38. The molecule has 3 amide bonds. The molecule has 0 atom stereocenters. The van der Waals surface area contributed by atoms with E-state index in [2.05, 4.69) is 246 Å². The molecule has 0 aliphatic carbocycles. The van der Waals surface area contributed by atoms with E-state index in [-0.39, 0.29) is 23.0 Å². The third-order valence-corrected chi connectivity index (χ3v) is 26.3. The first-order valence-corrected chi connectivity index (χ1v) is 50.9. The lowest BCUT2D eigenvalue weighted by atomic mass is 9.98. The maximum Gasteiger partial charge on any atom is 0.314 e. The molecule has 0 bridgehead atoms. The molecule has 16 rings (SSSR count). The Morgan fingerprint density at radius 2 is 0.727 bits per heavy atom. The lowest BCUT2D eigenvalue weighted by Gasteiger charge is -2.19. The first-order valence-electron chi connectivity index (χ1n) is 49.8. The molecule has 742 valence electrons. The molecule has 3 heterocycles. The molecule has 0 fully saturated rings. The minimum atomic E-state index is -0.374. The largest absolute Gasteiger partial charge is 0.398 e. The van der Waals surface area contributed by atoms with E-state index in [9.17, 15) is 19.2 Å². The van der Waals surface area contributed by atoms with E-state index in [1.165, 1.54) is 190 Å². The summed E-state index contributed by atoms with van der Waals surface area (Å²) in [5, 5.41) is 23.0. The van der Waals surface area contributed by atoms with Crippen molar-refractivity contribution < 1.29 is 23.7 Å². The van der Waals surface area contributed by atoms with Crippen molar-refractivity contribution in [2.45, 2.75) is 234 Å². The highest BCUT2D eigenvalue weighted by molar-refractivity contribution is 6.71. The van der Waals surface area contributed by atoms with Crippen LogP contribution in [0.1, 0.15) is 262 Å². The van der Waals surface area contributed by atoms with Crippen LogP contribution in [0, 0.1) is 111 Å². The predicted molar refractivity (Wildman–Crippen MR) is 596 cm³/mol. The Hall–Kier alpha value is -13.8. The number of anilines is 1. The van der Waals surface area contributed by atoms with Gasteiger partial charge in [0.05, 0.1) is 16.8 Å². The van der Waals surface area contributed by atoms with E-state index >= 15 is 0 Å². The van der Waals surface area contributed by atoms with E-state index in [0.717, 1.165) is 98.2 Å². The Bertz CT molecular complexity index is 6720. The topological polar surface area (TPSA) is 234 Å². The second kappa shape index (κ2) is 55.6. The van der Waals surface area contributed by atoms with Crippen LogP contribution in [0.2, 0.25) is 0 Å². The Kier molecular flexibility index (Phi) is 43.2. The van der Waals surface area contributed by atoms with Crippen LogP contribution in [-0.4, -0.2) is 57.9 Å². The number of aromatic nitrogens is 6. The number of nitrogen functional groups attached to an aromatic ring is 2. The third kappa shape index (κ3) is 30.6. The maximum atomic E-state index is 12.1. The normalized spacial score (nSPS) is 11.1. The molecule has 17 nitrogen and oxygen atoms in total. The number of amides is 3. The average molecular weight is 1970 g/mol. The molecule has 0 radical (unpaired) electrons. The van der Waals surface area contributed by atoms with E-state index in [1.54, 1.807) is 48.5 Å². The SMILES string of the molecule is CCCCCCc1cc(C)c(-[n+]2c(-c3c(C)cccc3C)nn3c2-c2ccccc2C3)c(C)c1.CCCCCCc1cc(C)c(-n2c(-c3ccccc3)nnc2-c2c(C)cccc2C)c(C)c1.CCCCCCc1cc(C)c(N)c(C)c1.Cc1cccc(C)c1/C(Cl)=N/N=C(\Cl)c1ccccc1.Cc1cccc(C)c1C(=O)Cl.Cc1cccc(C)c1C(=O)NNC(=O)c1ccccc1.NNC(=O)c1ccccc1. The number of nitrogens with one attached hydrogen (secondary N) is 3. The van der Waals surface area contributed by atoms with Gasteiger partial charge in [-0.2, -0.15) is 4.57 Å². The Labute approximate surface area is 863 Å². The summed E-state index contributed by atoms with van der Waals surface area (Å²) in [4.78, 5) is 45.6. The maximum absolute atomic E-state index is 12.1. The quantitative estimate of drug-likeness (QED) is 0.00481. The number of unbranched alkanes of at least 4 members (excludes halogenated alkanes) is 9. The predicted octanol–water partition coefficient (Wildman–Crippen LogP) is 29.4. The number of nitrogens with zero attached hydrogens (tertiary/aromatic N) is 8. The smallest absolute Gasteiger partial charge is 0.314 e. The molecule has 7 N–H and O–H groups in total. The van der Waals surface area contributed by atoms with E-state index in [1.807, 2.05) is 150 Å². The van der Waals surface area contributed by atoms with Gasteiger partial charge in [-0.25, -0.2) is 5.84 Å². The number of hydrogen-bond donors (Lipinski definition) is 5. The highest BCUT2D eigenvalue weighted by atomic mass is 35.5. The fourth-order valence-electron chi connectivity index (χ4n) is 18.3.